The van der Waals surface area contributed by atoms with Crippen LogP contribution >= 0.6 is 11.6 Å². The Morgan fingerprint density at radius 1 is 1.40 bits per heavy atom. The van der Waals surface area contributed by atoms with Crippen molar-refractivity contribution in [2.45, 2.75) is 26.4 Å². The lowest BCUT2D eigenvalue weighted by Crippen LogP contribution is -2.33. The van der Waals surface area contributed by atoms with Gasteiger partial charge in [-0.15, -0.1) is 0 Å². The van der Waals surface area contributed by atoms with Crippen molar-refractivity contribution in [1.29, 1.82) is 0 Å². The lowest BCUT2D eigenvalue weighted by molar-refractivity contribution is 0.144. The third-order valence-electron chi connectivity index (χ3n) is 3.01. The van der Waals surface area contributed by atoms with E-state index in [9.17, 15) is 0 Å². The molecule has 1 heterocycles. The van der Waals surface area contributed by atoms with Crippen LogP contribution in [0.2, 0.25) is 5.02 Å². The molecular weight excluding hydrogens is 278 g/mol. The Labute approximate surface area is 123 Å². The van der Waals surface area contributed by atoms with E-state index >= 15 is 0 Å². The van der Waals surface area contributed by atoms with E-state index in [0.717, 1.165) is 5.56 Å². The van der Waals surface area contributed by atoms with Crippen LogP contribution in [0, 0.1) is 0 Å². The second-order valence-electron chi connectivity index (χ2n) is 4.81. The van der Waals surface area contributed by atoms with Crippen molar-refractivity contribution in [3.05, 3.63) is 35.2 Å². The van der Waals surface area contributed by atoms with E-state index in [1.807, 2.05) is 12.1 Å². The average molecular weight is 296 g/mol. The van der Waals surface area contributed by atoms with E-state index in [0.29, 0.717) is 35.9 Å². The Morgan fingerprint density at radius 3 is 2.85 bits per heavy atom. The van der Waals surface area contributed by atoms with Gasteiger partial charge in [-0.25, -0.2) is 0 Å². The van der Waals surface area contributed by atoms with Crippen molar-refractivity contribution in [2.75, 3.05) is 13.2 Å². The van der Waals surface area contributed by atoms with Gasteiger partial charge in [0.1, 0.15) is 0 Å². The first kappa shape index (κ1) is 15.0. The molecule has 1 N–H and O–H groups in total. The van der Waals surface area contributed by atoms with Gasteiger partial charge in [0, 0.05) is 23.2 Å². The molecular formula is C14H18ClN3O2. The summed E-state index contributed by atoms with van der Waals surface area (Å²) in [6, 6.07) is 7.62. The summed E-state index contributed by atoms with van der Waals surface area (Å²) < 4.78 is 5.26. The van der Waals surface area contributed by atoms with Gasteiger partial charge in [-0.3, -0.25) is 4.90 Å². The standard InChI is InChI=1S/C14H18ClN3O2/c1-10(2)18(6-7-19)9-13-16-14(17-20-13)11-4-3-5-12(15)8-11/h3-5,8,10,19H,6-7,9H2,1-2H3. The SMILES string of the molecule is CC(C)N(CCO)Cc1nc(-c2cccc(Cl)c2)no1. The number of aliphatic hydroxyl groups excluding tert-OH is 1. The molecule has 1 aromatic heterocycles. The smallest absolute Gasteiger partial charge is 0.241 e. The van der Waals surface area contributed by atoms with E-state index in [-0.39, 0.29) is 6.61 Å². The highest BCUT2D eigenvalue weighted by atomic mass is 35.5. The predicted octanol–water partition coefficient (Wildman–Crippen LogP) is 2.59. The minimum Gasteiger partial charge on any atom is -0.395 e. The zero-order chi connectivity index (χ0) is 14.5. The lowest BCUT2D eigenvalue weighted by Gasteiger charge is -2.23. The Balaban J connectivity index is 2.12. The van der Waals surface area contributed by atoms with Crippen LogP contribution in [0.5, 0.6) is 0 Å². The van der Waals surface area contributed by atoms with Crippen LogP contribution in [-0.4, -0.2) is 39.3 Å². The summed E-state index contributed by atoms with van der Waals surface area (Å²) >= 11 is 5.95. The van der Waals surface area contributed by atoms with E-state index in [4.69, 9.17) is 21.2 Å². The number of aliphatic hydroxyl groups is 1. The molecule has 0 saturated heterocycles. The molecule has 0 fully saturated rings. The molecule has 0 atom stereocenters. The van der Waals surface area contributed by atoms with Crippen LogP contribution in [0.15, 0.2) is 28.8 Å². The van der Waals surface area contributed by atoms with E-state index in [2.05, 4.69) is 28.9 Å². The molecule has 0 unspecified atom stereocenters. The van der Waals surface area contributed by atoms with Gasteiger partial charge in [0.15, 0.2) is 0 Å². The summed E-state index contributed by atoms with van der Waals surface area (Å²) in [4.78, 5) is 6.43. The third-order valence-corrected chi connectivity index (χ3v) is 3.24. The first-order chi connectivity index (χ1) is 9.60. The molecule has 0 radical (unpaired) electrons. The normalized spacial score (nSPS) is 11.5. The van der Waals surface area contributed by atoms with Crippen LogP contribution in [0.25, 0.3) is 11.4 Å². The minimum atomic E-state index is 0.105. The van der Waals surface area contributed by atoms with E-state index in [1.54, 1.807) is 12.1 Å². The molecule has 6 heteroatoms. The van der Waals surface area contributed by atoms with Crippen LogP contribution in [0.1, 0.15) is 19.7 Å². The molecule has 0 aliphatic rings. The van der Waals surface area contributed by atoms with Gasteiger partial charge in [-0.05, 0) is 26.0 Å². The molecule has 0 amide bonds. The molecule has 20 heavy (non-hydrogen) atoms. The molecule has 0 spiro atoms. The van der Waals surface area contributed by atoms with Crippen LogP contribution < -0.4 is 0 Å². The van der Waals surface area contributed by atoms with Crippen LogP contribution in [-0.2, 0) is 6.54 Å². The molecule has 108 valence electrons. The van der Waals surface area contributed by atoms with Crippen molar-refractivity contribution < 1.29 is 9.63 Å². The quantitative estimate of drug-likeness (QED) is 0.887. The molecule has 5 nitrogen and oxygen atoms in total. The number of hydrogen-bond acceptors (Lipinski definition) is 5. The topological polar surface area (TPSA) is 62.4 Å². The fourth-order valence-corrected chi connectivity index (χ4v) is 2.08. The molecule has 0 saturated carbocycles. The van der Waals surface area contributed by atoms with Gasteiger partial charge >= 0.3 is 0 Å². The van der Waals surface area contributed by atoms with Gasteiger partial charge in [0.05, 0.1) is 13.2 Å². The number of halogens is 1. The molecule has 2 rings (SSSR count). The maximum Gasteiger partial charge on any atom is 0.241 e. The largest absolute Gasteiger partial charge is 0.395 e. The highest BCUT2D eigenvalue weighted by molar-refractivity contribution is 6.30. The molecule has 0 aliphatic carbocycles. The maximum absolute atomic E-state index is 9.05. The molecule has 0 bridgehead atoms. The van der Waals surface area contributed by atoms with Gasteiger partial charge in [-0.1, -0.05) is 28.9 Å². The number of benzene rings is 1. The molecule has 1 aromatic carbocycles. The Bertz CT molecular complexity index is 557. The fraction of sp³-hybridized carbons (Fsp3) is 0.429. The summed E-state index contributed by atoms with van der Waals surface area (Å²) in [5.41, 5.74) is 0.825. The number of rotatable bonds is 6. The summed E-state index contributed by atoms with van der Waals surface area (Å²) in [5.74, 6) is 1.05. The number of nitrogens with zero attached hydrogens (tertiary/aromatic N) is 3. The fourth-order valence-electron chi connectivity index (χ4n) is 1.89. The summed E-state index contributed by atoms with van der Waals surface area (Å²) in [6.45, 7) is 5.32. The summed E-state index contributed by atoms with van der Waals surface area (Å²) in [5, 5.41) is 13.7. The van der Waals surface area contributed by atoms with E-state index < -0.39 is 0 Å². The second kappa shape index (κ2) is 6.83. The molecule has 0 aliphatic heterocycles. The average Bonchev–Trinajstić information content (AvgIpc) is 2.87. The van der Waals surface area contributed by atoms with Gasteiger partial charge in [-0.2, -0.15) is 4.98 Å². The Hall–Kier alpha value is -1.43. The second-order valence-corrected chi connectivity index (χ2v) is 5.25. The highest BCUT2D eigenvalue weighted by Gasteiger charge is 2.15. The van der Waals surface area contributed by atoms with E-state index in [1.165, 1.54) is 0 Å². The Morgan fingerprint density at radius 2 is 2.20 bits per heavy atom. The van der Waals surface area contributed by atoms with Crippen molar-refractivity contribution >= 4 is 11.6 Å². The van der Waals surface area contributed by atoms with Crippen LogP contribution in [0.4, 0.5) is 0 Å². The van der Waals surface area contributed by atoms with Crippen molar-refractivity contribution in [1.82, 2.24) is 15.0 Å². The van der Waals surface area contributed by atoms with Crippen molar-refractivity contribution in [3.63, 3.8) is 0 Å². The van der Waals surface area contributed by atoms with Crippen molar-refractivity contribution in [2.24, 2.45) is 0 Å². The number of hydrogen-bond donors (Lipinski definition) is 1. The highest BCUT2D eigenvalue weighted by Crippen LogP contribution is 2.20. The predicted molar refractivity (Wildman–Crippen MR) is 77.4 cm³/mol. The first-order valence-electron chi connectivity index (χ1n) is 6.53. The molecule has 2 aromatic rings. The van der Waals surface area contributed by atoms with Gasteiger partial charge < -0.3 is 9.63 Å². The lowest BCUT2D eigenvalue weighted by atomic mass is 10.2. The monoisotopic (exact) mass is 295 g/mol. The Kier molecular flexibility index (Phi) is 5.11. The third kappa shape index (κ3) is 3.79. The summed E-state index contributed by atoms with van der Waals surface area (Å²) in [6.07, 6.45) is 0. The zero-order valence-electron chi connectivity index (χ0n) is 11.6. The zero-order valence-corrected chi connectivity index (χ0v) is 12.3. The van der Waals surface area contributed by atoms with Crippen LogP contribution in [0.3, 0.4) is 0 Å². The maximum atomic E-state index is 9.05. The minimum absolute atomic E-state index is 0.105. The first-order valence-corrected chi connectivity index (χ1v) is 6.91. The van der Waals surface area contributed by atoms with Gasteiger partial charge in [0.25, 0.3) is 0 Å². The van der Waals surface area contributed by atoms with Crippen molar-refractivity contribution in [3.8, 4) is 11.4 Å². The number of aromatic nitrogens is 2. The van der Waals surface area contributed by atoms with Gasteiger partial charge in [0.2, 0.25) is 11.7 Å². The summed E-state index contributed by atoms with van der Waals surface area (Å²) in [7, 11) is 0.